The van der Waals surface area contributed by atoms with Gasteiger partial charge in [0.2, 0.25) is 10.0 Å². The van der Waals surface area contributed by atoms with E-state index in [1.165, 1.54) is 6.07 Å². The standard InChI is InChI=1S/C24H32ClFN4O3S/c1-17(2)33-22-4-3-11-27-24(22)30-14-12-29(13-15-30)20-8-6-19(7-9-20)28-34(31,32)23-16-18(25)5-10-21(23)26/h3-5,10-11,16-17,19-20,28H,6-9,12-15H2,1-2H3/t19-,20-. The molecule has 1 aromatic heterocycles. The maximum Gasteiger partial charge on any atom is 0.243 e. The van der Waals surface area contributed by atoms with Gasteiger partial charge in [-0.05, 0) is 69.9 Å². The first-order valence-corrected chi connectivity index (χ1v) is 13.7. The largest absolute Gasteiger partial charge is 0.487 e. The van der Waals surface area contributed by atoms with Crippen molar-refractivity contribution in [1.29, 1.82) is 0 Å². The number of sulfonamides is 1. The lowest BCUT2D eigenvalue weighted by Crippen LogP contribution is -2.52. The Balaban J connectivity index is 1.29. The number of anilines is 1. The molecule has 7 nitrogen and oxygen atoms in total. The van der Waals surface area contributed by atoms with Crippen LogP contribution in [0.3, 0.4) is 0 Å². The summed E-state index contributed by atoms with van der Waals surface area (Å²) in [5, 5.41) is 0.193. The molecule has 1 saturated heterocycles. The molecule has 1 aromatic carbocycles. The van der Waals surface area contributed by atoms with Gasteiger partial charge in [0.15, 0.2) is 11.6 Å². The molecule has 0 radical (unpaired) electrons. The summed E-state index contributed by atoms with van der Waals surface area (Å²) >= 11 is 5.87. The van der Waals surface area contributed by atoms with Crippen LogP contribution >= 0.6 is 11.6 Å². The van der Waals surface area contributed by atoms with E-state index < -0.39 is 20.7 Å². The van der Waals surface area contributed by atoms with Crippen LogP contribution in [0.5, 0.6) is 5.75 Å². The van der Waals surface area contributed by atoms with Crippen LogP contribution in [0.4, 0.5) is 10.2 Å². The highest BCUT2D eigenvalue weighted by atomic mass is 35.5. The minimum atomic E-state index is -3.95. The number of hydrogen-bond donors (Lipinski definition) is 1. The number of nitrogens with zero attached hydrogens (tertiary/aromatic N) is 3. The number of piperazine rings is 1. The predicted octanol–water partition coefficient (Wildman–Crippen LogP) is 4.07. The molecule has 4 rings (SSSR count). The molecule has 0 unspecified atom stereocenters. The van der Waals surface area contributed by atoms with Crippen LogP contribution in [-0.2, 0) is 10.0 Å². The zero-order chi connectivity index (χ0) is 24.3. The Morgan fingerprint density at radius 2 is 1.82 bits per heavy atom. The summed E-state index contributed by atoms with van der Waals surface area (Å²) in [5.41, 5.74) is 0. The average Bonchev–Trinajstić information content (AvgIpc) is 2.81. The van der Waals surface area contributed by atoms with Crippen molar-refractivity contribution in [3.05, 3.63) is 47.4 Å². The molecule has 1 aliphatic carbocycles. The van der Waals surface area contributed by atoms with Crippen LogP contribution in [0.1, 0.15) is 39.5 Å². The van der Waals surface area contributed by atoms with Gasteiger partial charge in [0.05, 0.1) is 6.10 Å². The van der Waals surface area contributed by atoms with Crippen molar-refractivity contribution in [1.82, 2.24) is 14.6 Å². The molecular formula is C24H32ClFN4O3S. The first-order valence-electron chi connectivity index (χ1n) is 11.8. The minimum absolute atomic E-state index is 0.0900. The molecule has 0 atom stereocenters. The fraction of sp³-hybridized carbons (Fsp3) is 0.542. The van der Waals surface area contributed by atoms with Crippen molar-refractivity contribution in [2.24, 2.45) is 0 Å². The first-order chi connectivity index (χ1) is 16.2. The summed E-state index contributed by atoms with van der Waals surface area (Å²) in [6, 6.07) is 7.65. The highest BCUT2D eigenvalue weighted by molar-refractivity contribution is 7.89. The van der Waals surface area contributed by atoms with E-state index >= 15 is 0 Å². The van der Waals surface area contributed by atoms with Crippen molar-refractivity contribution < 1.29 is 17.5 Å². The third kappa shape index (κ3) is 6.00. The van der Waals surface area contributed by atoms with Crippen molar-refractivity contribution in [2.45, 2.75) is 62.6 Å². The molecule has 186 valence electrons. The van der Waals surface area contributed by atoms with E-state index in [1.807, 2.05) is 26.0 Å². The fourth-order valence-electron chi connectivity index (χ4n) is 4.79. The van der Waals surface area contributed by atoms with Gasteiger partial charge in [-0.3, -0.25) is 4.90 Å². The lowest BCUT2D eigenvalue weighted by molar-refractivity contribution is 0.139. The Morgan fingerprint density at radius 3 is 2.50 bits per heavy atom. The number of halogens is 2. The molecular weight excluding hydrogens is 479 g/mol. The maximum absolute atomic E-state index is 14.1. The highest BCUT2D eigenvalue weighted by Crippen LogP contribution is 2.30. The molecule has 0 bridgehead atoms. The minimum Gasteiger partial charge on any atom is -0.487 e. The summed E-state index contributed by atoms with van der Waals surface area (Å²) in [6.07, 6.45) is 5.13. The first kappa shape index (κ1) is 25.2. The lowest BCUT2D eigenvalue weighted by Gasteiger charge is -2.42. The van der Waals surface area contributed by atoms with Crippen molar-refractivity contribution >= 4 is 27.4 Å². The maximum atomic E-state index is 14.1. The Labute approximate surface area is 206 Å². The van der Waals surface area contributed by atoms with E-state index in [1.54, 1.807) is 6.20 Å². The number of nitrogens with one attached hydrogen (secondary N) is 1. The smallest absolute Gasteiger partial charge is 0.243 e. The van der Waals surface area contributed by atoms with E-state index in [9.17, 15) is 12.8 Å². The second kappa shape index (κ2) is 10.8. The van der Waals surface area contributed by atoms with Gasteiger partial charge >= 0.3 is 0 Å². The normalized spacial score (nSPS) is 22.2. The second-order valence-corrected chi connectivity index (χ2v) is 11.3. The predicted molar refractivity (Wildman–Crippen MR) is 132 cm³/mol. The van der Waals surface area contributed by atoms with Crippen molar-refractivity contribution in [3.8, 4) is 5.75 Å². The van der Waals surface area contributed by atoms with Crippen LogP contribution in [0.15, 0.2) is 41.4 Å². The van der Waals surface area contributed by atoms with Gasteiger partial charge in [-0.25, -0.2) is 22.5 Å². The van der Waals surface area contributed by atoms with E-state index in [-0.39, 0.29) is 17.2 Å². The highest BCUT2D eigenvalue weighted by Gasteiger charge is 2.32. The molecule has 1 saturated carbocycles. The molecule has 34 heavy (non-hydrogen) atoms. The van der Waals surface area contributed by atoms with E-state index in [4.69, 9.17) is 16.3 Å². The molecule has 0 spiro atoms. The molecule has 2 heterocycles. The second-order valence-electron chi connectivity index (χ2n) is 9.22. The molecule has 10 heteroatoms. The van der Waals surface area contributed by atoms with Gasteiger partial charge in [-0.1, -0.05) is 11.6 Å². The van der Waals surface area contributed by atoms with Gasteiger partial charge in [-0.2, -0.15) is 0 Å². The van der Waals surface area contributed by atoms with Crippen LogP contribution < -0.4 is 14.4 Å². The monoisotopic (exact) mass is 510 g/mol. The van der Waals surface area contributed by atoms with Gasteiger partial charge < -0.3 is 9.64 Å². The Bertz CT molecular complexity index is 1090. The summed E-state index contributed by atoms with van der Waals surface area (Å²) in [6.45, 7) is 7.60. The Hall–Kier alpha value is -1.94. The number of rotatable bonds is 7. The summed E-state index contributed by atoms with van der Waals surface area (Å²) in [5.74, 6) is 0.912. The van der Waals surface area contributed by atoms with E-state index in [2.05, 4.69) is 19.5 Å². The van der Waals surface area contributed by atoms with Crippen LogP contribution in [0.2, 0.25) is 5.02 Å². The number of aromatic nitrogens is 1. The molecule has 1 N–H and O–H groups in total. The summed E-state index contributed by atoms with van der Waals surface area (Å²) < 4.78 is 48.0. The topological polar surface area (TPSA) is 74.8 Å². The Kier molecular flexibility index (Phi) is 7.97. The van der Waals surface area contributed by atoms with Gasteiger partial charge in [0.25, 0.3) is 0 Å². The van der Waals surface area contributed by atoms with Crippen LogP contribution in [-0.4, -0.2) is 62.7 Å². The zero-order valence-corrected chi connectivity index (χ0v) is 21.2. The van der Waals surface area contributed by atoms with Crippen LogP contribution in [0.25, 0.3) is 0 Å². The number of pyridine rings is 1. The number of ether oxygens (including phenoxy) is 1. The zero-order valence-electron chi connectivity index (χ0n) is 19.6. The summed E-state index contributed by atoms with van der Waals surface area (Å²) in [4.78, 5) is 8.92. The van der Waals surface area contributed by atoms with Gasteiger partial charge in [-0.15, -0.1) is 0 Å². The SMILES string of the molecule is CC(C)Oc1cccnc1N1CCN([C@H]2CC[C@H](NS(=O)(=O)c3cc(Cl)ccc3F)CC2)CC1. The van der Waals surface area contributed by atoms with Gasteiger partial charge in [0.1, 0.15) is 10.7 Å². The summed E-state index contributed by atoms with van der Waals surface area (Å²) in [7, 11) is -3.95. The molecule has 2 aromatic rings. The van der Waals surface area contributed by atoms with Crippen molar-refractivity contribution in [2.75, 3.05) is 31.1 Å². The molecule has 1 aliphatic heterocycles. The van der Waals surface area contributed by atoms with E-state index in [0.717, 1.165) is 75.6 Å². The molecule has 0 amide bonds. The quantitative estimate of drug-likeness (QED) is 0.605. The lowest BCUT2D eigenvalue weighted by atomic mass is 9.90. The fourth-order valence-corrected chi connectivity index (χ4v) is 6.43. The third-order valence-corrected chi connectivity index (χ3v) is 8.22. The van der Waals surface area contributed by atoms with E-state index in [0.29, 0.717) is 6.04 Å². The average molecular weight is 511 g/mol. The third-order valence-electron chi connectivity index (χ3n) is 6.45. The Morgan fingerprint density at radius 1 is 1.12 bits per heavy atom. The number of benzene rings is 1. The molecule has 2 fully saturated rings. The van der Waals surface area contributed by atoms with Crippen LogP contribution in [0, 0.1) is 5.82 Å². The van der Waals surface area contributed by atoms with Gasteiger partial charge in [0, 0.05) is 49.5 Å². The number of hydrogen-bond acceptors (Lipinski definition) is 6. The molecule has 2 aliphatic rings. The van der Waals surface area contributed by atoms with Crippen molar-refractivity contribution in [3.63, 3.8) is 0 Å².